The van der Waals surface area contributed by atoms with Gasteiger partial charge in [0.2, 0.25) is 0 Å². The van der Waals surface area contributed by atoms with E-state index in [0.29, 0.717) is 12.1 Å². The number of carbonyl (C=O) groups excluding carboxylic acids is 1. The fourth-order valence-electron chi connectivity index (χ4n) is 1.55. The minimum Gasteiger partial charge on any atom is -0.469 e. The molecule has 96 valence electrons. The Bertz CT molecular complexity index is 487. The third-order valence-corrected chi connectivity index (χ3v) is 2.83. The van der Waals surface area contributed by atoms with Crippen LogP contribution in [0.25, 0.3) is 0 Å². The summed E-state index contributed by atoms with van der Waals surface area (Å²) in [6.07, 6.45) is 0. The van der Waals surface area contributed by atoms with Gasteiger partial charge in [-0.3, -0.25) is 4.79 Å². The Hall–Kier alpha value is -2.02. The first-order valence-corrected chi connectivity index (χ1v) is 5.74. The summed E-state index contributed by atoms with van der Waals surface area (Å²) in [5.74, 6) is -0.260. The van der Waals surface area contributed by atoms with Gasteiger partial charge in [0.05, 0.1) is 24.2 Å². The smallest absolute Gasteiger partial charge is 0.313 e. The Kier molecular flexibility index (Phi) is 4.33. The van der Waals surface area contributed by atoms with E-state index in [-0.39, 0.29) is 5.97 Å². The van der Waals surface area contributed by atoms with Crippen LogP contribution in [0.15, 0.2) is 18.2 Å². The highest BCUT2D eigenvalue weighted by Gasteiger charge is 2.28. The van der Waals surface area contributed by atoms with Crippen molar-refractivity contribution in [2.24, 2.45) is 5.41 Å². The van der Waals surface area contributed by atoms with E-state index in [9.17, 15) is 4.79 Å². The van der Waals surface area contributed by atoms with Crippen LogP contribution in [0.5, 0.6) is 0 Å². The molecule has 0 aliphatic rings. The molecule has 1 N–H and O–H groups in total. The standard InChI is InChI=1S/C14H18N2O2/c1-10-5-6-11(8-15)7-12(10)16-9-14(2,3)13(17)18-4/h5-7,16H,9H2,1-4H3. The van der Waals surface area contributed by atoms with Crippen LogP contribution in [0, 0.1) is 23.7 Å². The zero-order valence-electron chi connectivity index (χ0n) is 11.2. The first-order chi connectivity index (χ1) is 8.40. The van der Waals surface area contributed by atoms with Crippen LogP contribution >= 0.6 is 0 Å². The fraction of sp³-hybridized carbons (Fsp3) is 0.429. The third-order valence-electron chi connectivity index (χ3n) is 2.83. The molecule has 4 heteroatoms. The first kappa shape index (κ1) is 14.0. The summed E-state index contributed by atoms with van der Waals surface area (Å²) < 4.78 is 4.75. The van der Waals surface area contributed by atoms with Gasteiger partial charge in [-0.05, 0) is 38.5 Å². The average molecular weight is 246 g/mol. The van der Waals surface area contributed by atoms with Crippen molar-refractivity contribution >= 4 is 11.7 Å². The number of carbonyl (C=O) groups is 1. The maximum Gasteiger partial charge on any atom is 0.313 e. The van der Waals surface area contributed by atoms with Gasteiger partial charge < -0.3 is 10.1 Å². The number of anilines is 1. The molecule has 0 radical (unpaired) electrons. The van der Waals surface area contributed by atoms with Gasteiger partial charge in [0, 0.05) is 12.2 Å². The number of nitrogens with zero attached hydrogens (tertiary/aromatic N) is 1. The molecule has 0 aromatic heterocycles. The van der Waals surface area contributed by atoms with Gasteiger partial charge in [0.1, 0.15) is 0 Å². The highest BCUT2D eigenvalue weighted by Crippen LogP contribution is 2.21. The summed E-state index contributed by atoms with van der Waals surface area (Å²) in [6, 6.07) is 7.53. The topological polar surface area (TPSA) is 62.1 Å². The number of esters is 1. The monoisotopic (exact) mass is 246 g/mol. The SMILES string of the molecule is COC(=O)C(C)(C)CNc1cc(C#N)ccc1C. The van der Waals surface area contributed by atoms with Gasteiger partial charge in [0.15, 0.2) is 0 Å². The molecule has 0 bridgehead atoms. The van der Waals surface area contributed by atoms with E-state index in [1.165, 1.54) is 7.11 Å². The van der Waals surface area contributed by atoms with Gasteiger partial charge in [-0.1, -0.05) is 6.07 Å². The van der Waals surface area contributed by atoms with E-state index in [1.54, 1.807) is 12.1 Å². The fourth-order valence-corrected chi connectivity index (χ4v) is 1.55. The minimum atomic E-state index is -0.607. The van der Waals surface area contributed by atoms with Crippen LogP contribution in [-0.2, 0) is 9.53 Å². The van der Waals surface area contributed by atoms with Gasteiger partial charge in [-0.2, -0.15) is 5.26 Å². The average Bonchev–Trinajstić information content (AvgIpc) is 2.36. The van der Waals surface area contributed by atoms with E-state index in [4.69, 9.17) is 10.00 Å². The molecule has 1 aromatic rings. The van der Waals surface area contributed by atoms with Gasteiger partial charge in [-0.15, -0.1) is 0 Å². The van der Waals surface area contributed by atoms with Crippen LogP contribution in [0.2, 0.25) is 0 Å². The number of rotatable bonds is 4. The largest absolute Gasteiger partial charge is 0.469 e. The Morgan fingerprint density at radius 2 is 2.17 bits per heavy atom. The van der Waals surface area contributed by atoms with Crippen molar-refractivity contribution in [3.63, 3.8) is 0 Å². The Balaban J connectivity index is 2.81. The summed E-state index contributed by atoms with van der Waals surface area (Å²) in [7, 11) is 1.38. The van der Waals surface area contributed by atoms with E-state index in [1.807, 2.05) is 26.8 Å². The number of hydrogen-bond donors (Lipinski definition) is 1. The summed E-state index contributed by atoms with van der Waals surface area (Å²) in [4.78, 5) is 11.5. The normalized spacial score (nSPS) is 10.6. The Morgan fingerprint density at radius 1 is 1.50 bits per heavy atom. The molecule has 0 saturated carbocycles. The number of hydrogen-bond acceptors (Lipinski definition) is 4. The molecule has 0 fully saturated rings. The number of ether oxygens (including phenoxy) is 1. The lowest BCUT2D eigenvalue weighted by Gasteiger charge is -2.23. The summed E-state index contributed by atoms with van der Waals surface area (Å²) in [6.45, 7) is 6.04. The molecule has 1 aromatic carbocycles. The molecule has 0 aliphatic heterocycles. The number of aryl methyl sites for hydroxylation is 1. The van der Waals surface area contributed by atoms with E-state index in [0.717, 1.165) is 11.3 Å². The molecule has 4 nitrogen and oxygen atoms in total. The van der Waals surface area contributed by atoms with Crippen molar-refractivity contribution in [3.05, 3.63) is 29.3 Å². The first-order valence-electron chi connectivity index (χ1n) is 5.74. The van der Waals surface area contributed by atoms with E-state index < -0.39 is 5.41 Å². The second-order valence-electron chi connectivity index (χ2n) is 4.87. The van der Waals surface area contributed by atoms with E-state index in [2.05, 4.69) is 11.4 Å². The molecule has 18 heavy (non-hydrogen) atoms. The van der Waals surface area contributed by atoms with Crippen molar-refractivity contribution < 1.29 is 9.53 Å². The lowest BCUT2D eigenvalue weighted by atomic mass is 9.93. The van der Waals surface area contributed by atoms with Gasteiger partial charge in [0.25, 0.3) is 0 Å². The molecule has 0 atom stereocenters. The molecule has 0 aliphatic carbocycles. The zero-order chi connectivity index (χ0) is 13.8. The van der Waals surface area contributed by atoms with Crippen LogP contribution in [0.4, 0.5) is 5.69 Å². The number of benzene rings is 1. The third kappa shape index (κ3) is 3.24. The summed E-state index contributed by atoms with van der Waals surface area (Å²) in [5, 5.41) is 12.0. The maximum atomic E-state index is 11.5. The molecule has 1 rings (SSSR count). The minimum absolute atomic E-state index is 0.260. The highest BCUT2D eigenvalue weighted by molar-refractivity contribution is 5.76. The molecule has 0 amide bonds. The lowest BCUT2D eigenvalue weighted by molar-refractivity contribution is -0.149. The molecule has 0 unspecified atom stereocenters. The molecule has 0 heterocycles. The summed E-state index contributed by atoms with van der Waals surface area (Å²) >= 11 is 0. The number of methoxy groups -OCH3 is 1. The number of nitrogens with one attached hydrogen (secondary N) is 1. The predicted octanol–water partition coefficient (Wildman–Crippen LogP) is 2.48. The van der Waals surface area contributed by atoms with Crippen LogP contribution < -0.4 is 5.32 Å². The van der Waals surface area contributed by atoms with Crippen molar-refractivity contribution in [3.8, 4) is 6.07 Å². The van der Waals surface area contributed by atoms with Crippen LogP contribution in [-0.4, -0.2) is 19.6 Å². The quantitative estimate of drug-likeness (QED) is 0.829. The second-order valence-corrected chi connectivity index (χ2v) is 4.87. The second kappa shape index (κ2) is 5.54. The summed E-state index contributed by atoms with van der Waals surface area (Å²) in [5.41, 5.74) is 1.89. The van der Waals surface area contributed by atoms with E-state index >= 15 is 0 Å². The molecular weight excluding hydrogens is 228 g/mol. The Morgan fingerprint density at radius 3 is 2.72 bits per heavy atom. The van der Waals surface area contributed by atoms with Crippen molar-refractivity contribution in [1.82, 2.24) is 0 Å². The van der Waals surface area contributed by atoms with Gasteiger partial charge in [-0.25, -0.2) is 0 Å². The maximum absolute atomic E-state index is 11.5. The Labute approximate surface area is 108 Å². The lowest BCUT2D eigenvalue weighted by Crippen LogP contribution is -2.33. The zero-order valence-corrected chi connectivity index (χ0v) is 11.2. The molecule has 0 spiro atoms. The molecule has 0 saturated heterocycles. The van der Waals surface area contributed by atoms with Gasteiger partial charge >= 0.3 is 5.97 Å². The van der Waals surface area contributed by atoms with Crippen molar-refractivity contribution in [2.75, 3.05) is 19.0 Å². The van der Waals surface area contributed by atoms with Crippen LogP contribution in [0.1, 0.15) is 25.0 Å². The van der Waals surface area contributed by atoms with Crippen molar-refractivity contribution in [1.29, 1.82) is 5.26 Å². The van der Waals surface area contributed by atoms with Crippen molar-refractivity contribution in [2.45, 2.75) is 20.8 Å². The number of nitriles is 1. The van der Waals surface area contributed by atoms with Crippen LogP contribution in [0.3, 0.4) is 0 Å². The molecular formula is C14H18N2O2. The highest BCUT2D eigenvalue weighted by atomic mass is 16.5. The predicted molar refractivity (Wildman–Crippen MR) is 70.2 cm³/mol.